The third-order valence-corrected chi connectivity index (χ3v) is 3.72. The molecule has 0 saturated carbocycles. The van der Waals surface area contributed by atoms with Gasteiger partial charge in [0, 0.05) is 26.2 Å². The van der Waals surface area contributed by atoms with Crippen LogP contribution in [0.5, 0.6) is 11.5 Å². The predicted octanol–water partition coefficient (Wildman–Crippen LogP) is 3.03. The molecule has 1 fully saturated rings. The molecule has 2 rings (SSSR count). The minimum absolute atomic E-state index is 0. The van der Waals surface area contributed by atoms with Gasteiger partial charge in [-0.15, -0.1) is 31.4 Å². The van der Waals surface area contributed by atoms with Crippen molar-refractivity contribution in [2.24, 2.45) is 0 Å². The molecule has 0 aliphatic carbocycles. The van der Waals surface area contributed by atoms with E-state index in [1.165, 1.54) is 0 Å². The van der Waals surface area contributed by atoms with Gasteiger partial charge in [0.15, 0.2) is 0 Å². The number of nitrogens with one attached hydrogen (secondary N) is 1. The summed E-state index contributed by atoms with van der Waals surface area (Å²) >= 11 is 6.01. The maximum absolute atomic E-state index is 10.2. The minimum atomic E-state index is -0.101. The molecule has 120 valence electrons. The van der Waals surface area contributed by atoms with Crippen LogP contribution < -0.4 is 10.1 Å². The van der Waals surface area contributed by atoms with Crippen molar-refractivity contribution in [1.82, 2.24) is 10.2 Å². The number of halogens is 3. The van der Waals surface area contributed by atoms with Crippen LogP contribution in [0.25, 0.3) is 0 Å². The van der Waals surface area contributed by atoms with E-state index < -0.39 is 0 Å². The van der Waals surface area contributed by atoms with Crippen molar-refractivity contribution in [3.8, 4) is 11.5 Å². The number of nitrogens with zero attached hydrogens (tertiary/aromatic N) is 1. The van der Waals surface area contributed by atoms with Crippen LogP contribution in [-0.2, 0) is 0 Å². The van der Waals surface area contributed by atoms with E-state index in [-0.39, 0.29) is 36.6 Å². The summed E-state index contributed by atoms with van der Waals surface area (Å²) in [6.07, 6.45) is 1.82. The molecule has 1 atom stereocenters. The van der Waals surface area contributed by atoms with E-state index in [1.54, 1.807) is 19.2 Å². The molecule has 0 bridgehead atoms. The fraction of sp³-hybridized carbons (Fsp3) is 0.429. The van der Waals surface area contributed by atoms with Gasteiger partial charge in [0.1, 0.15) is 11.5 Å². The number of piperazine rings is 1. The van der Waals surface area contributed by atoms with E-state index in [0.29, 0.717) is 16.3 Å². The van der Waals surface area contributed by atoms with Crippen molar-refractivity contribution in [3.63, 3.8) is 0 Å². The monoisotopic (exact) mass is 354 g/mol. The van der Waals surface area contributed by atoms with Crippen molar-refractivity contribution in [2.45, 2.75) is 6.04 Å². The molecule has 0 radical (unpaired) electrons. The summed E-state index contributed by atoms with van der Waals surface area (Å²) in [7, 11) is 1.59. The van der Waals surface area contributed by atoms with Gasteiger partial charge in [-0.3, -0.25) is 4.90 Å². The summed E-state index contributed by atoms with van der Waals surface area (Å²) < 4.78 is 5.35. The Hall–Kier alpha value is -0.650. The summed E-state index contributed by atoms with van der Waals surface area (Å²) in [6.45, 7) is 7.53. The van der Waals surface area contributed by atoms with Gasteiger partial charge in [0.25, 0.3) is 0 Å². The quantitative estimate of drug-likeness (QED) is 0.815. The van der Waals surface area contributed by atoms with Crippen molar-refractivity contribution in [3.05, 3.63) is 35.4 Å². The van der Waals surface area contributed by atoms with Crippen LogP contribution in [0.3, 0.4) is 0 Å². The highest BCUT2D eigenvalue weighted by molar-refractivity contribution is 6.32. The Bertz CT molecular complexity index is 466. The van der Waals surface area contributed by atoms with Crippen molar-refractivity contribution in [1.29, 1.82) is 0 Å². The number of rotatable bonds is 4. The number of ether oxygens (including phenoxy) is 1. The molecule has 1 aliphatic rings. The Morgan fingerprint density at radius 3 is 2.52 bits per heavy atom. The maximum Gasteiger partial charge on any atom is 0.142 e. The second kappa shape index (κ2) is 9.38. The van der Waals surface area contributed by atoms with E-state index in [0.717, 1.165) is 26.2 Å². The summed E-state index contributed by atoms with van der Waals surface area (Å²) in [5.41, 5.74) is 0.687. The van der Waals surface area contributed by atoms with Gasteiger partial charge in [-0.05, 0) is 12.1 Å². The Labute approximate surface area is 142 Å². The second-order valence-corrected chi connectivity index (χ2v) is 4.89. The summed E-state index contributed by atoms with van der Waals surface area (Å²) in [6, 6.07) is 3.31. The molecule has 1 heterocycles. The fourth-order valence-electron chi connectivity index (χ4n) is 2.44. The van der Waals surface area contributed by atoms with Gasteiger partial charge in [-0.2, -0.15) is 0 Å². The topological polar surface area (TPSA) is 44.7 Å². The molecule has 1 saturated heterocycles. The lowest BCUT2D eigenvalue weighted by atomic mass is 10.0. The van der Waals surface area contributed by atoms with Crippen LogP contribution in [0.1, 0.15) is 11.6 Å². The van der Waals surface area contributed by atoms with Crippen molar-refractivity contribution < 1.29 is 9.84 Å². The van der Waals surface area contributed by atoms with E-state index in [2.05, 4.69) is 16.8 Å². The highest BCUT2D eigenvalue weighted by Gasteiger charge is 2.26. The third kappa shape index (κ3) is 4.41. The first-order valence-electron chi connectivity index (χ1n) is 6.31. The molecule has 0 amide bonds. The van der Waals surface area contributed by atoms with E-state index in [4.69, 9.17) is 16.3 Å². The molecule has 4 nitrogen and oxygen atoms in total. The molecule has 1 aliphatic heterocycles. The number of hydrogen-bond donors (Lipinski definition) is 2. The predicted molar refractivity (Wildman–Crippen MR) is 91.5 cm³/mol. The number of hydrogen-bond acceptors (Lipinski definition) is 4. The largest absolute Gasteiger partial charge is 0.506 e. The van der Waals surface area contributed by atoms with Crippen LogP contribution in [0, 0.1) is 0 Å². The Kier molecular flexibility index (Phi) is 9.09. The summed E-state index contributed by atoms with van der Waals surface area (Å²) in [4.78, 5) is 2.25. The van der Waals surface area contributed by atoms with Crippen LogP contribution in [0.4, 0.5) is 0 Å². The summed E-state index contributed by atoms with van der Waals surface area (Å²) in [5.74, 6) is 0.704. The van der Waals surface area contributed by atoms with Gasteiger partial charge >= 0.3 is 0 Å². The molecule has 0 spiro atoms. The van der Waals surface area contributed by atoms with E-state index in [1.807, 2.05) is 6.08 Å². The highest BCUT2D eigenvalue weighted by Crippen LogP contribution is 2.41. The van der Waals surface area contributed by atoms with Crippen LogP contribution in [-0.4, -0.2) is 43.3 Å². The first-order chi connectivity index (χ1) is 9.19. The second-order valence-electron chi connectivity index (χ2n) is 4.48. The number of phenols is 1. The molecule has 1 aromatic rings. The Morgan fingerprint density at radius 1 is 1.38 bits per heavy atom. The average Bonchev–Trinajstić information content (AvgIpc) is 2.45. The lowest BCUT2D eigenvalue weighted by molar-refractivity contribution is 0.197. The van der Waals surface area contributed by atoms with E-state index in [9.17, 15) is 5.11 Å². The van der Waals surface area contributed by atoms with E-state index >= 15 is 0 Å². The lowest BCUT2D eigenvalue weighted by Crippen LogP contribution is -2.44. The number of phenolic OH excluding ortho intramolecular Hbond substituents is 1. The molecule has 0 unspecified atom stereocenters. The molecular formula is C14H21Cl3N2O2. The van der Waals surface area contributed by atoms with Crippen molar-refractivity contribution >= 4 is 36.4 Å². The van der Waals surface area contributed by atoms with Gasteiger partial charge in [-0.1, -0.05) is 17.7 Å². The zero-order valence-electron chi connectivity index (χ0n) is 11.8. The van der Waals surface area contributed by atoms with Gasteiger partial charge < -0.3 is 15.2 Å². The number of aromatic hydroxyl groups is 1. The highest BCUT2D eigenvalue weighted by atomic mass is 35.5. The van der Waals surface area contributed by atoms with Gasteiger partial charge in [0.05, 0.1) is 23.7 Å². The Balaban J connectivity index is 0.00000200. The number of methoxy groups -OCH3 is 1. The molecule has 1 aromatic carbocycles. The Morgan fingerprint density at radius 2 is 2.00 bits per heavy atom. The van der Waals surface area contributed by atoms with Gasteiger partial charge in [-0.25, -0.2) is 0 Å². The normalized spacial score (nSPS) is 16.3. The fourth-order valence-corrected chi connectivity index (χ4v) is 2.60. The molecular weight excluding hydrogens is 335 g/mol. The molecule has 0 aromatic heterocycles. The number of benzene rings is 1. The lowest BCUT2D eigenvalue weighted by Gasteiger charge is -2.34. The first kappa shape index (κ1) is 20.3. The first-order valence-corrected chi connectivity index (χ1v) is 6.69. The zero-order chi connectivity index (χ0) is 13.8. The SMILES string of the molecule is C=C[C@H](c1c(OC)ccc(Cl)c1O)N1CCNCC1.Cl.Cl. The summed E-state index contributed by atoms with van der Waals surface area (Å²) in [5, 5.41) is 13.9. The van der Waals surface area contributed by atoms with Crippen LogP contribution in [0.15, 0.2) is 24.8 Å². The standard InChI is InChI=1S/C14H19ClN2O2.2ClH/c1-3-11(17-8-6-16-7-9-17)13-12(19-2)5-4-10(15)14(13)18;;/h3-5,11,16,18H,1,6-9H2,2H3;2*1H/t11-;;/m1../s1. The maximum atomic E-state index is 10.2. The van der Waals surface area contributed by atoms with Crippen LogP contribution in [0.2, 0.25) is 5.02 Å². The molecule has 7 heteroatoms. The zero-order valence-corrected chi connectivity index (χ0v) is 14.2. The average molecular weight is 356 g/mol. The third-order valence-electron chi connectivity index (χ3n) is 3.41. The van der Waals surface area contributed by atoms with Crippen molar-refractivity contribution in [2.75, 3.05) is 33.3 Å². The van der Waals surface area contributed by atoms with Crippen LogP contribution >= 0.6 is 36.4 Å². The smallest absolute Gasteiger partial charge is 0.142 e. The minimum Gasteiger partial charge on any atom is -0.506 e. The molecule has 2 N–H and O–H groups in total. The van der Waals surface area contributed by atoms with Gasteiger partial charge in [0.2, 0.25) is 0 Å². The molecule has 21 heavy (non-hydrogen) atoms.